The Labute approximate surface area is 106 Å². The van der Waals surface area contributed by atoms with E-state index in [2.05, 4.69) is 9.72 Å². The summed E-state index contributed by atoms with van der Waals surface area (Å²) in [5.41, 5.74) is 1.72. The van der Waals surface area contributed by atoms with E-state index in [0.717, 1.165) is 11.0 Å². The van der Waals surface area contributed by atoms with Gasteiger partial charge in [-0.3, -0.25) is 0 Å². The molecule has 0 atom stereocenters. The maximum Gasteiger partial charge on any atom is 0.411 e. The molecule has 1 heterocycles. The summed E-state index contributed by atoms with van der Waals surface area (Å²) in [7, 11) is 0. The molecule has 7 heteroatoms. The fourth-order valence-corrected chi connectivity index (χ4v) is 1.97. The Morgan fingerprint density at radius 1 is 1.28 bits per heavy atom. The monoisotopic (exact) mass is 276 g/mol. The molecule has 0 saturated heterocycles. The molecule has 0 unspecified atom stereocenters. The molecule has 18 heavy (non-hydrogen) atoms. The van der Waals surface area contributed by atoms with Gasteiger partial charge in [0.1, 0.15) is 6.61 Å². The molecule has 2 rings (SSSR count). The highest BCUT2D eigenvalue weighted by Gasteiger charge is 2.27. The maximum atomic E-state index is 11.9. The smallest absolute Gasteiger partial charge is 0.370 e. The number of ether oxygens (including phenoxy) is 1. The average molecular weight is 276 g/mol. The van der Waals surface area contributed by atoms with Crippen LogP contribution >= 0.6 is 12.2 Å². The summed E-state index contributed by atoms with van der Waals surface area (Å²) >= 11 is 5.11. The highest BCUT2D eigenvalue weighted by Crippen LogP contribution is 2.15. The van der Waals surface area contributed by atoms with E-state index in [-0.39, 0.29) is 6.61 Å². The van der Waals surface area contributed by atoms with Crippen LogP contribution in [0.4, 0.5) is 13.2 Å². The average Bonchev–Trinajstić information content (AvgIpc) is 2.59. The van der Waals surface area contributed by atoms with Gasteiger partial charge in [0.25, 0.3) is 0 Å². The van der Waals surface area contributed by atoms with E-state index in [1.807, 2.05) is 24.3 Å². The second kappa shape index (κ2) is 5.11. The lowest BCUT2D eigenvalue weighted by atomic mass is 10.3. The van der Waals surface area contributed by atoms with Gasteiger partial charge in [0, 0.05) is 6.54 Å². The summed E-state index contributed by atoms with van der Waals surface area (Å²) < 4.78 is 42.5. The van der Waals surface area contributed by atoms with Crippen LogP contribution in [0.1, 0.15) is 0 Å². The molecule has 0 aliphatic heterocycles. The summed E-state index contributed by atoms with van der Waals surface area (Å²) in [6.45, 7) is -0.975. The maximum absolute atomic E-state index is 11.9. The molecule has 0 spiro atoms. The van der Waals surface area contributed by atoms with Gasteiger partial charge in [0.15, 0.2) is 4.77 Å². The van der Waals surface area contributed by atoms with Gasteiger partial charge >= 0.3 is 6.18 Å². The number of hydrogen-bond acceptors (Lipinski definition) is 2. The summed E-state index contributed by atoms with van der Waals surface area (Å²) in [6, 6.07) is 7.42. The Bertz CT molecular complexity index is 588. The second-order valence-corrected chi connectivity index (χ2v) is 4.15. The first-order chi connectivity index (χ1) is 8.47. The van der Waals surface area contributed by atoms with Gasteiger partial charge in [-0.2, -0.15) is 13.2 Å². The van der Waals surface area contributed by atoms with E-state index in [1.54, 1.807) is 4.57 Å². The Balaban J connectivity index is 2.04. The minimum absolute atomic E-state index is 0.0321. The zero-order chi connectivity index (χ0) is 13.2. The zero-order valence-corrected chi connectivity index (χ0v) is 10.1. The molecule has 0 aliphatic rings. The number of para-hydroxylation sites is 2. The number of halogens is 3. The second-order valence-electron chi connectivity index (χ2n) is 3.77. The Hall–Kier alpha value is -1.34. The van der Waals surface area contributed by atoms with Gasteiger partial charge in [-0.25, -0.2) is 0 Å². The summed E-state index contributed by atoms with van der Waals surface area (Å²) in [6.07, 6.45) is -4.29. The number of rotatable bonds is 4. The first kappa shape index (κ1) is 13.1. The van der Waals surface area contributed by atoms with Crippen LogP contribution in [0, 0.1) is 4.77 Å². The molecular weight excluding hydrogens is 265 g/mol. The van der Waals surface area contributed by atoms with Crippen LogP contribution in [0.25, 0.3) is 11.0 Å². The number of hydrogen-bond donors (Lipinski definition) is 1. The standard InChI is InChI=1S/C11H11F3N2OS/c12-11(13,14)7-17-6-5-16-9-4-2-1-3-8(9)15-10(16)18/h1-4H,5-7H2,(H,15,18). The normalized spacial score (nSPS) is 12.2. The van der Waals surface area contributed by atoms with Crippen LogP contribution in [0.5, 0.6) is 0 Å². The predicted molar refractivity (Wildman–Crippen MR) is 64.0 cm³/mol. The molecule has 3 nitrogen and oxygen atoms in total. The lowest BCUT2D eigenvalue weighted by molar-refractivity contribution is -0.174. The van der Waals surface area contributed by atoms with Crippen molar-refractivity contribution in [1.82, 2.24) is 9.55 Å². The third-order valence-corrected chi connectivity index (χ3v) is 2.73. The van der Waals surface area contributed by atoms with Crippen molar-refractivity contribution < 1.29 is 17.9 Å². The largest absolute Gasteiger partial charge is 0.411 e. The topological polar surface area (TPSA) is 29.9 Å². The lowest BCUT2D eigenvalue weighted by Gasteiger charge is -2.08. The van der Waals surface area contributed by atoms with Gasteiger partial charge in [-0.15, -0.1) is 0 Å². The number of H-pyrrole nitrogens is 1. The molecule has 1 aromatic heterocycles. The first-order valence-corrected chi connectivity index (χ1v) is 5.70. The van der Waals surface area contributed by atoms with Gasteiger partial charge in [0.2, 0.25) is 0 Å². The quantitative estimate of drug-likeness (QED) is 0.686. The van der Waals surface area contributed by atoms with Crippen molar-refractivity contribution in [2.24, 2.45) is 0 Å². The summed E-state index contributed by atoms with van der Waals surface area (Å²) in [4.78, 5) is 2.98. The summed E-state index contributed by atoms with van der Waals surface area (Å²) in [5, 5.41) is 0. The fraction of sp³-hybridized carbons (Fsp3) is 0.364. The number of aromatic amines is 1. The van der Waals surface area contributed by atoms with Crippen LogP contribution in [-0.2, 0) is 11.3 Å². The molecule has 2 aromatic rings. The number of nitrogens with one attached hydrogen (secondary N) is 1. The van der Waals surface area contributed by atoms with Crippen LogP contribution in [0.2, 0.25) is 0 Å². The Kier molecular flexibility index (Phi) is 3.72. The van der Waals surface area contributed by atoms with Crippen molar-refractivity contribution in [2.75, 3.05) is 13.2 Å². The van der Waals surface area contributed by atoms with Gasteiger partial charge in [-0.05, 0) is 24.4 Å². The number of imidazole rings is 1. The molecule has 0 aliphatic carbocycles. The first-order valence-electron chi connectivity index (χ1n) is 5.29. The van der Waals surface area contributed by atoms with E-state index < -0.39 is 12.8 Å². The number of alkyl halides is 3. The molecule has 0 saturated carbocycles. The number of fused-ring (bicyclic) bond motifs is 1. The van der Waals surface area contributed by atoms with Gasteiger partial charge in [-0.1, -0.05) is 12.1 Å². The fourth-order valence-electron chi connectivity index (χ4n) is 1.67. The molecule has 1 aromatic carbocycles. The van der Waals surface area contributed by atoms with Crippen molar-refractivity contribution in [3.05, 3.63) is 29.0 Å². The van der Waals surface area contributed by atoms with E-state index >= 15 is 0 Å². The predicted octanol–water partition coefficient (Wildman–Crippen LogP) is 3.28. The third-order valence-electron chi connectivity index (χ3n) is 2.41. The van der Waals surface area contributed by atoms with Crippen LogP contribution in [0.15, 0.2) is 24.3 Å². The van der Waals surface area contributed by atoms with Gasteiger partial charge in [0.05, 0.1) is 17.6 Å². The van der Waals surface area contributed by atoms with Crippen LogP contribution in [-0.4, -0.2) is 28.9 Å². The number of aromatic nitrogens is 2. The molecule has 0 radical (unpaired) electrons. The highest BCUT2D eigenvalue weighted by molar-refractivity contribution is 7.71. The molecule has 98 valence electrons. The molecule has 1 N–H and O–H groups in total. The van der Waals surface area contributed by atoms with Crippen molar-refractivity contribution in [2.45, 2.75) is 12.7 Å². The zero-order valence-electron chi connectivity index (χ0n) is 9.33. The highest BCUT2D eigenvalue weighted by atomic mass is 32.1. The van der Waals surface area contributed by atoms with E-state index in [4.69, 9.17) is 12.2 Å². The molecule has 0 bridgehead atoms. The van der Waals surface area contributed by atoms with Crippen molar-refractivity contribution in [1.29, 1.82) is 0 Å². The van der Waals surface area contributed by atoms with E-state index in [9.17, 15) is 13.2 Å². The number of benzene rings is 1. The molecule has 0 amide bonds. The van der Waals surface area contributed by atoms with Crippen LogP contribution < -0.4 is 0 Å². The summed E-state index contributed by atoms with van der Waals surface area (Å²) in [5.74, 6) is 0. The van der Waals surface area contributed by atoms with Crippen molar-refractivity contribution in [3.8, 4) is 0 Å². The number of nitrogens with zero attached hydrogens (tertiary/aromatic N) is 1. The molecule has 0 fully saturated rings. The van der Waals surface area contributed by atoms with Gasteiger partial charge < -0.3 is 14.3 Å². The van der Waals surface area contributed by atoms with E-state index in [0.29, 0.717) is 11.3 Å². The minimum atomic E-state index is -4.29. The van der Waals surface area contributed by atoms with Crippen molar-refractivity contribution >= 4 is 23.3 Å². The third kappa shape index (κ3) is 3.11. The van der Waals surface area contributed by atoms with Crippen molar-refractivity contribution in [3.63, 3.8) is 0 Å². The SMILES string of the molecule is FC(F)(F)COCCn1c(=S)[nH]c2ccccc21. The van der Waals surface area contributed by atoms with Crippen LogP contribution in [0.3, 0.4) is 0 Å². The molecular formula is C11H11F3N2OS. The minimum Gasteiger partial charge on any atom is -0.370 e. The Morgan fingerprint density at radius 3 is 2.72 bits per heavy atom. The van der Waals surface area contributed by atoms with E-state index in [1.165, 1.54) is 0 Å². The Morgan fingerprint density at radius 2 is 2.00 bits per heavy atom. The lowest BCUT2D eigenvalue weighted by Crippen LogP contribution is -2.19.